The first-order chi connectivity index (χ1) is 9.32. The van der Waals surface area contributed by atoms with Crippen molar-refractivity contribution in [3.8, 4) is 0 Å². The lowest BCUT2D eigenvalue weighted by Crippen LogP contribution is -2.37. The predicted octanol–water partition coefficient (Wildman–Crippen LogP) is 4.01. The van der Waals surface area contributed by atoms with Gasteiger partial charge in [-0.05, 0) is 58.8 Å². The fourth-order valence-electron chi connectivity index (χ4n) is 2.75. The molecule has 0 heterocycles. The second kappa shape index (κ2) is 6.16. The standard InChI is InChI=1S/C15H22BrNO2S/c1-12-6-7-14(13(16)10-12)20(18,19)17-11-15(2)8-4-3-5-9-15/h6-7,10,17H,3-5,8-9,11H2,1-2H3. The highest BCUT2D eigenvalue weighted by Gasteiger charge is 2.29. The van der Waals surface area contributed by atoms with E-state index in [2.05, 4.69) is 27.6 Å². The highest BCUT2D eigenvalue weighted by Crippen LogP contribution is 2.35. The molecule has 1 aromatic rings. The molecule has 2 rings (SSSR count). The van der Waals surface area contributed by atoms with Gasteiger partial charge in [0.2, 0.25) is 10.0 Å². The highest BCUT2D eigenvalue weighted by atomic mass is 79.9. The minimum absolute atomic E-state index is 0.0997. The lowest BCUT2D eigenvalue weighted by Gasteiger charge is -2.33. The Morgan fingerprint density at radius 2 is 1.90 bits per heavy atom. The molecule has 0 atom stereocenters. The van der Waals surface area contributed by atoms with E-state index < -0.39 is 10.0 Å². The van der Waals surface area contributed by atoms with Crippen molar-refractivity contribution in [3.63, 3.8) is 0 Å². The third-order valence-corrected chi connectivity index (χ3v) is 6.50. The van der Waals surface area contributed by atoms with Crippen LogP contribution in [0.15, 0.2) is 27.6 Å². The van der Waals surface area contributed by atoms with Gasteiger partial charge in [-0.15, -0.1) is 0 Å². The largest absolute Gasteiger partial charge is 0.241 e. The SMILES string of the molecule is Cc1ccc(S(=O)(=O)NCC2(C)CCCCC2)c(Br)c1. The molecule has 0 saturated heterocycles. The summed E-state index contributed by atoms with van der Waals surface area (Å²) >= 11 is 3.34. The van der Waals surface area contributed by atoms with Crippen molar-refractivity contribution in [1.29, 1.82) is 0 Å². The first-order valence-electron chi connectivity index (χ1n) is 7.08. The summed E-state index contributed by atoms with van der Waals surface area (Å²) in [5.74, 6) is 0. The van der Waals surface area contributed by atoms with Crippen LogP contribution in [0.5, 0.6) is 0 Å². The number of halogens is 1. The molecular formula is C15H22BrNO2S. The van der Waals surface area contributed by atoms with Crippen molar-refractivity contribution in [3.05, 3.63) is 28.2 Å². The maximum atomic E-state index is 12.4. The van der Waals surface area contributed by atoms with Gasteiger partial charge in [-0.3, -0.25) is 0 Å². The van der Waals surface area contributed by atoms with E-state index in [4.69, 9.17) is 0 Å². The van der Waals surface area contributed by atoms with E-state index in [9.17, 15) is 8.42 Å². The highest BCUT2D eigenvalue weighted by molar-refractivity contribution is 9.10. The third kappa shape index (κ3) is 3.83. The molecule has 1 aliphatic carbocycles. The number of hydrogen-bond acceptors (Lipinski definition) is 2. The van der Waals surface area contributed by atoms with Gasteiger partial charge in [0.05, 0.1) is 4.90 Å². The second-order valence-electron chi connectivity index (χ2n) is 6.13. The van der Waals surface area contributed by atoms with Gasteiger partial charge in [-0.25, -0.2) is 13.1 Å². The van der Waals surface area contributed by atoms with Crippen LogP contribution >= 0.6 is 15.9 Å². The Morgan fingerprint density at radius 3 is 2.50 bits per heavy atom. The monoisotopic (exact) mass is 359 g/mol. The Bertz CT molecular complexity index is 578. The Morgan fingerprint density at radius 1 is 1.25 bits per heavy atom. The average Bonchev–Trinajstić information content (AvgIpc) is 2.37. The van der Waals surface area contributed by atoms with Crippen LogP contribution in [0.2, 0.25) is 0 Å². The molecule has 0 amide bonds. The van der Waals surface area contributed by atoms with Crippen LogP contribution in [0.1, 0.15) is 44.6 Å². The molecule has 0 bridgehead atoms. The number of benzene rings is 1. The molecule has 0 spiro atoms. The summed E-state index contributed by atoms with van der Waals surface area (Å²) in [6.45, 7) is 4.65. The predicted molar refractivity (Wildman–Crippen MR) is 85.3 cm³/mol. The zero-order valence-corrected chi connectivity index (χ0v) is 14.5. The third-order valence-electron chi connectivity index (χ3n) is 4.13. The van der Waals surface area contributed by atoms with Gasteiger partial charge < -0.3 is 0 Å². The molecule has 0 radical (unpaired) electrons. The maximum Gasteiger partial charge on any atom is 0.241 e. The number of nitrogens with one attached hydrogen (secondary N) is 1. The van der Waals surface area contributed by atoms with Crippen LogP contribution in [0.4, 0.5) is 0 Å². The van der Waals surface area contributed by atoms with Gasteiger partial charge in [0.1, 0.15) is 0 Å². The summed E-state index contributed by atoms with van der Waals surface area (Å²) in [5, 5.41) is 0. The minimum atomic E-state index is -3.44. The first kappa shape index (κ1) is 16.0. The van der Waals surface area contributed by atoms with E-state index in [1.165, 1.54) is 19.3 Å². The van der Waals surface area contributed by atoms with E-state index in [-0.39, 0.29) is 5.41 Å². The summed E-state index contributed by atoms with van der Waals surface area (Å²) in [7, 11) is -3.44. The number of rotatable bonds is 4. The zero-order valence-electron chi connectivity index (χ0n) is 12.1. The van der Waals surface area contributed by atoms with Crippen LogP contribution in [0.25, 0.3) is 0 Å². The Balaban J connectivity index is 2.11. The summed E-state index contributed by atoms with van der Waals surface area (Å²) < 4.78 is 28.2. The Kier molecular flexibility index (Phi) is 4.92. The minimum Gasteiger partial charge on any atom is -0.211 e. The quantitative estimate of drug-likeness (QED) is 0.882. The van der Waals surface area contributed by atoms with Crippen molar-refractivity contribution in [2.75, 3.05) is 6.54 Å². The van der Waals surface area contributed by atoms with Crippen LogP contribution in [0, 0.1) is 12.3 Å². The van der Waals surface area contributed by atoms with Crippen molar-refractivity contribution in [2.24, 2.45) is 5.41 Å². The van der Waals surface area contributed by atoms with Crippen LogP contribution in [-0.2, 0) is 10.0 Å². The van der Waals surface area contributed by atoms with Gasteiger partial charge in [-0.2, -0.15) is 0 Å². The van der Waals surface area contributed by atoms with Gasteiger partial charge in [-0.1, -0.05) is 32.3 Å². The number of sulfonamides is 1. The molecule has 1 aliphatic rings. The van der Waals surface area contributed by atoms with E-state index in [0.717, 1.165) is 18.4 Å². The molecule has 1 saturated carbocycles. The van der Waals surface area contributed by atoms with E-state index in [1.54, 1.807) is 6.07 Å². The normalized spacial score (nSPS) is 18.9. The molecule has 1 aromatic carbocycles. The van der Waals surface area contributed by atoms with Crippen molar-refractivity contribution in [2.45, 2.75) is 50.8 Å². The molecule has 3 nitrogen and oxygen atoms in total. The molecular weight excluding hydrogens is 338 g/mol. The van der Waals surface area contributed by atoms with Crippen molar-refractivity contribution < 1.29 is 8.42 Å². The summed E-state index contributed by atoms with van der Waals surface area (Å²) in [6, 6.07) is 5.31. The fraction of sp³-hybridized carbons (Fsp3) is 0.600. The topological polar surface area (TPSA) is 46.2 Å². The fourth-order valence-corrected chi connectivity index (χ4v) is 5.14. The Hall–Kier alpha value is -0.390. The van der Waals surface area contributed by atoms with E-state index in [1.807, 2.05) is 19.1 Å². The van der Waals surface area contributed by atoms with E-state index in [0.29, 0.717) is 15.9 Å². The molecule has 1 N–H and O–H groups in total. The molecule has 0 unspecified atom stereocenters. The summed E-state index contributed by atoms with van der Waals surface area (Å²) in [5.41, 5.74) is 1.14. The van der Waals surface area contributed by atoms with Gasteiger partial charge in [0.15, 0.2) is 0 Å². The molecule has 1 fully saturated rings. The molecule has 0 aromatic heterocycles. The molecule has 112 valence electrons. The van der Waals surface area contributed by atoms with Crippen LogP contribution in [0.3, 0.4) is 0 Å². The smallest absolute Gasteiger partial charge is 0.211 e. The lowest BCUT2D eigenvalue weighted by molar-refractivity contribution is 0.219. The average molecular weight is 360 g/mol. The second-order valence-corrected chi connectivity index (χ2v) is 8.72. The molecule has 5 heteroatoms. The maximum absolute atomic E-state index is 12.4. The van der Waals surface area contributed by atoms with Crippen LogP contribution in [-0.4, -0.2) is 15.0 Å². The molecule has 20 heavy (non-hydrogen) atoms. The lowest BCUT2D eigenvalue weighted by atomic mass is 9.76. The van der Waals surface area contributed by atoms with E-state index >= 15 is 0 Å². The summed E-state index contributed by atoms with van der Waals surface area (Å²) in [4.78, 5) is 0.322. The Labute approximate surface area is 130 Å². The number of hydrogen-bond donors (Lipinski definition) is 1. The van der Waals surface area contributed by atoms with Gasteiger partial charge >= 0.3 is 0 Å². The molecule has 0 aliphatic heterocycles. The number of aryl methyl sites for hydroxylation is 1. The zero-order chi connectivity index (χ0) is 14.8. The van der Waals surface area contributed by atoms with Gasteiger partial charge in [0.25, 0.3) is 0 Å². The van der Waals surface area contributed by atoms with Crippen molar-refractivity contribution >= 4 is 26.0 Å². The summed E-state index contributed by atoms with van der Waals surface area (Å²) in [6.07, 6.45) is 5.87. The first-order valence-corrected chi connectivity index (χ1v) is 9.36. The van der Waals surface area contributed by atoms with Gasteiger partial charge in [0, 0.05) is 11.0 Å². The van der Waals surface area contributed by atoms with Crippen LogP contribution < -0.4 is 4.72 Å². The van der Waals surface area contributed by atoms with Crippen molar-refractivity contribution in [1.82, 2.24) is 4.72 Å².